The molecule has 0 aliphatic carbocycles. The van der Waals surface area contributed by atoms with Gasteiger partial charge < -0.3 is 15.8 Å². The lowest BCUT2D eigenvalue weighted by molar-refractivity contribution is 0.102. The maximum atomic E-state index is 13.4. The van der Waals surface area contributed by atoms with Crippen LogP contribution in [0.3, 0.4) is 0 Å². The van der Waals surface area contributed by atoms with E-state index in [9.17, 15) is 9.18 Å². The van der Waals surface area contributed by atoms with E-state index < -0.39 is 5.91 Å². The third kappa shape index (κ3) is 2.88. The van der Waals surface area contributed by atoms with Crippen LogP contribution in [0, 0.1) is 12.7 Å². The molecule has 0 atom stereocenters. The fourth-order valence-corrected chi connectivity index (χ4v) is 1.74. The van der Waals surface area contributed by atoms with E-state index in [1.807, 2.05) is 0 Å². The van der Waals surface area contributed by atoms with Crippen molar-refractivity contribution in [1.82, 2.24) is 0 Å². The molecular formula is C15H15FN2O2. The van der Waals surface area contributed by atoms with Crippen molar-refractivity contribution in [2.45, 2.75) is 6.92 Å². The van der Waals surface area contributed by atoms with Gasteiger partial charge in [0.1, 0.15) is 11.6 Å². The topological polar surface area (TPSA) is 64.3 Å². The number of nitrogens with two attached hydrogens (primary N) is 1. The normalized spacial score (nSPS) is 10.2. The van der Waals surface area contributed by atoms with E-state index in [0.717, 1.165) is 0 Å². The molecule has 0 fully saturated rings. The number of nitrogens with one attached hydrogen (secondary N) is 1. The van der Waals surface area contributed by atoms with E-state index in [-0.39, 0.29) is 5.82 Å². The number of benzene rings is 2. The van der Waals surface area contributed by atoms with E-state index in [1.165, 1.54) is 13.2 Å². The highest BCUT2D eigenvalue weighted by Gasteiger charge is 2.11. The van der Waals surface area contributed by atoms with Crippen molar-refractivity contribution in [3.8, 4) is 5.75 Å². The molecule has 1 amide bonds. The Labute approximate surface area is 116 Å². The monoisotopic (exact) mass is 274 g/mol. The zero-order valence-electron chi connectivity index (χ0n) is 11.2. The van der Waals surface area contributed by atoms with E-state index in [4.69, 9.17) is 10.5 Å². The van der Waals surface area contributed by atoms with Gasteiger partial charge in [-0.05, 0) is 36.8 Å². The first-order valence-electron chi connectivity index (χ1n) is 6.02. The Morgan fingerprint density at radius 2 is 2.00 bits per heavy atom. The number of hydrogen-bond acceptors (Lipinski definition) is 3. The summed E-state index contributed by atoms with van der Waals surface area (Å²) in [4.78, 5) is 12.1. The Balaban J connectivity index is 2.21. The van der Waals surface area contributed by atoms with Crippen LogP contribution in [-0.4, -0.2) is 13.0 Å². The van der Waals surface area contributed by atoms with Gasteiger partial charge in [-0.2, -0.15) is 0 Å². The molecule has 2 aromatic rings. The number of nitrogen functional groups attached to an aromatic ring is 1. The maximum Gasteiger partial charge on any atom is 0.257 e. The number of carbonyl (C=O) groups is 1. The van der Waals surface area contributed by atoms with E-state index >= 15 is 0 Å². The first-order chi connectivity index (χ1) is 9.51. The number of carbonyl (C=O) groups excluding carboxylic acids is 1. The number of amides is 1. The Morgan fingerprint density at radius 1 is 1.25 bits per heavy atom. The van der Waals surface area contributed by atoms with Gasteiger partial charge in [0.2, 0.25) is 0 Å². The SMILES string of the molecule is COc1ccc(C(=O)Nc2ccc(C)c(F)c2)c(N)c1. The molecular weight excluding hydrogens is 259 g/mol. The molecule has 0 spiro atoms. The van der Waals surface area contributed by atoms with Crippen molar-refractivity contribution < 1.29 is 13.9 Å². The number of anilines is 2. The van der Waals surface area contributed by atoms with Gasteiger partial charge in [-0.3, -0.25) is 4.79 Å². The van der Waals surface area contributed by atoms with Crippen molar-refractivity contribution in [3.05, 3.63) is 53.3 Å². The summed E-state index contributed by atoms with van der Waals surface area (Å²) >= 11 is 0. The van der Waals surface area contributed by atoms with Crippen LogP contribution in [0.25, 0.3) is 0 Å². The van der Waals surface area contributed by atoms with Gasteiger partial charge in [0.05, 0.1) is 12.7 Å². The largest absolute Gasteiger partial charge is 0.497 e. The molecule has 104 valence electrons. The summed E-state index contributed by atoms with van der Waals surface area (Å²) in [6.45, 7) is 1.66. The van der Waals surface area contributed by atoms with E-state index in [1.54, 1.807) is 37.3 Å². The van der Waals surface area contributed by atoms with Crippen LogP contribution in [0.4, 0.5) is 15.8 Å². The lowest BCUT2D eigenvalue weighted by Gasteiger charge is -2.09. The van der Waals surface area contributed by atoms with Gasteiger partial charge >= 0.3 is 0 Å². The summed E-state index contributed by atoms with van der Waals surface area (Å²) in [5.74, 6) is -0.195. The highest BCUT2D eigenvalue weighted by atomic mass is 19.1. The molecule has 0 aliphatic heterocycles. The second-order valence-electron chi connectivity index (χ2n) is 4.37. The van der Waals surface area contributed by atoms with Gasteiger partial charge in [0.25, 0.3) is 5.91 Å². The third-order valence-electron chi connectivity index (χ3n) is 2.93. The second kappa shape index (κ2) is 5.61. The first-order valence-corrected chi connectivity index (χ1v) is 6.02. The number of methoxy groups -OCH3 is 1. The standard InChI is InChI=1S/C15H15FN2O2/c1-9-3-4-10(7-13(9)16)18-15(19)12-6-5-11(20-2)8-14(12)17/h3-8H,17H2,1-2H3,(H,18,19). The molecule has 0 heterocycles. The molecule has 2 rings (SSSR count). The number of rotatable bonds is 3. The average molecular weight is 274 g/mol. The van der Waals surface area contributed by atoms with Crippen molar-refractivity contribution in [2.75, 3.05) is 18.2 Å². The average Bonchev–Trinajstić information content (AvgIpc) is 2.42. The number of halogens is 1. The minimum absolute atomic E-state index is 0.300. The van der Waals surface area contributed by atoms with Crippen molar-refractivity contribution in [3.63, 3.8) is 0 Å². The minimum atomic E-state index is -0.395. The molecule has 0 unspecified atom stereocenters. The summed E-state index contributed by atoms with van der Waals surface area (Å²) in [5.41, 5.74) is 7.31. The summed E-state index contributed by atoms with van der Waals surface area (Å²) < 4.78 is 18.4. The molecule has 0 saturated heterocycles. The van der Waals surface area contributed by atoms with Crippen LogP contribution in [0.1, 0.15) is 15.9 Å². The summed E-state index contributed by atoms with van der Waals surface area (Å²) in [6.07, 6.45) is 0. The van der Waals surface area contributed by atoms with E-state index in [0.29, 0.717) is 28.3 Å². The molecule has 0 saturated carbocycles. The quantitative estimate of drug-likeness (QED) is 0.846. The van der Waals surface area contributed by atoms with E-state index in [2.05, 4.69) is 5.32 Å². The van der Waals surface area contributed by atoms with Gasteiger partial charge in [-0.25, -0.2) is 4.39 Å². The Hall–Kier alpha value is -2.56. The lowest BCUT2D eigenvalue weighted by atomic mass is 10.1. The molecule has 5 heteroatoms. The fraction of sp³-hybridized carbons (Fsp3) is 0.133. The molecule has 3 N–H and O–H groups in total. The maximum absolute atomic E-state index is 13.4. The highest BCUT2D eigenvalue weighted by Crippen LogP contribution is 2.21. The molecule has 0 radical (unpaired) electrons. The van der Waals surface area contributed by atoms with Crippen molar-refractivity contribution in [2.24, 2.45) is 0 Å². The summed E-state index contributed by atoms with van der Waals surface area (Å²) in [7, 11) is 1.52. The zero-order chi connectivity index (χ0) is 14.7. The molecule has 0 bridgehead atoms. The fourth-order valence-electron chi connectivity index (χ4n) is 1.74. The van der Waals surface area contributed by atoms with Gasteiger partial charge in [-0.1, -0.05) is 6.07 Å². The lowest BCUT2D eigenvalue weighted by Crippen LogP contribution is -2.14. The van der Waals surface area contributed by atoms with Crippen LogP contribution < -0.4 is 15.8 Å². The summed E-state index contributed by atoms with van der Waals surface area (Å²) in [5, 5.41) is 2.60. The number of ether oxygens (including phenoxy) is 1. The Kier molecular flexibility index (Phi) is 3.89. The predicted octanol–water partition coefficient (Wildman–Crippen LogP) is 2.98. The molecule has 4 nitrogen and oxygen atoms in total. The summed E-state index contributed by atoms with van der Waals surface area (Å²) in [6, 6.07) is 9.27. The van der Waals surface area contributed by atoms with Gasteiger partial charge in [0, 0.05) is 17.4 Å². The van der Waals surface area contributed by atoms with Crippen LogP contribution in [0.15, 0.2) is 36.4 Å². The predicted molar refractivity (Wildman–Crippen MR) is 76.5 cm³/mol. The van der Waals surface area contributed by atoms with Crippen LogP contribution in [0.2, 0.25) is 0 Å². The molecule has 0 aliphatic rings. The minimum Gasteiger partial charge on any atom is -0.497 e. The van der Waals surface area contributed by atoms with Crippen LogP contribution in [-0.2, 0) is 0 Å². The van der Waals surface area contributed by atoms with Gasteiger partial charge in [-0.15, -0.1) is 0 Å². The van der Waals surface area contributed by atoms with Crippen LogP contribution >= 0.6 is 0 Å². The first kappa shape index (κ1) is 13.9. The molecule has 2 aromatic carbocycles. The van der Waals surface area contributed by atoms with Gasteiger partial charge in [0.15, 0.2) is 0 Å². The highest BCUT2D eigenvalue weighted by molar-refractivity contribution is 6.07. The zero-order valence-corrected chi connectivity index (χ0v) is 11.2. The molecule has 20 heavy (non-hydrogen) atoms. The molecule has 0 aromatic heterocycles. The third-order valence-corrected chi connectivity index (χ3v) is 2.93. The number of hydrogen-bond donors (Lipinski definition) is 2. The Morgan fingerprint density at radius 3 is 2.60 bits per heavy atom. The smallest absolute Gasteiger partial charge is 0.257 e. The van der Waals surface area contributed by atoms with Crippen LogP contribution in [0.5, 0.6) is 5.75 Å². The van der Waals surface area contributed by atoms with Crippen molar-refractivity contribution >= 4 is 17.3 Å². The second-order valence-corrected chi connectivity index (χ2v) is 4.37. The van der Waals surface area contributed by atoms with Crippen molar-refractivity contribution in [1.29, 1.82) is 0 Å². The number of aryl methyl sites for hydroxylation is 1. The Bertz CT molecular complexity index is 656.